The van der Waals surface area contributed by atoms with Crippen molar-refractivity contribution < 1.29 is 13.2 Å². The lowest BCUT2D eigenvalue weighted by atomic mass is 10.1. The number of amides is 1. The van der Waals surface area contributed by atoms with Crippen molar-refractivity contribution in [1.82, 2.24) is 5.32 Å². The van der Waals surface area contributed by atoms with Crippen LogP contribution in [0.4, 0.5) is 5.69 Å². The van der Waals surface area contributed by atoms with Crippen molar-refractivity contribution in [2.24, 2.45) is 0 Å². The van der Waals surface area contributed by atoms with Crippen LogP contribution < -0.4 is 11.1 Å². The molecule has 0 aliphatic rings. The lowest BCUT2D eigenvalue weighted by Crippen LogP contribution is -2.48. The van der Waals surface area contributed by atoms with Gasteiger partial charge < -0.3 is 11.1 Å². The third-order valence-corrected chi connectivity index (χ3v) is 5.32. The third-order valence-electron chi connectivity index (χ3n) is 3.28. The highest BCUT2D eigenvalue weighted by atomic mass is 32.2. The molecule has 19 heavy (non-hydrogen) atoms. The second-order valence-electron chi connectivity index (χ2n) is 5.11. The summed E-state index contributed by atoms with van der Waals surface area (Å²) in [6.07, 6.45) is 1.05. The first-order valence-electron chi connectivity index (χ1n) is 5.92. The van der Waals surface area contributed by atoms with E-state index in [1.165, 1.54) is 13.8 Å². The van der Waals surface area contributed by atoms with Crippen molar-refractivity contribution in [1.29, 1.82) is 0 Å². The number of nitrogens with two attached hydrogens (primary N) is 1. The number of anilines is 1. The van der Waals surface area contributed by atoms with E-state index in [9.17, 15) is 13.2 Å². The van der Waals surface area contributed by atoms with Gasteiger partial charge in [-0.1, -0.05) is 18.2 Å². The van der Waals surface area contributed by atoms with Gasteiger partial charge in [0.25, 0.3) is 0 Å². The van der Waals surface area contributed by atoms with E-state index in [-0.39, 0.29) is 6.04 Å². The van der Waals surface area contributed by atoms with Gasteiger partial charge in [0.05, 0.1) is 6.04 Å². The van der Waals surface area contributed by atoms with Crippen LogP contribution in [0.2, 0.25) is 0 Å². The Morgan fingerprint density at radius 1 is 1.32 bits per heavy atom. The van der Waals surface area contributed by atoms with Crippen molar-refractivity contribution in [3.8, 4) is 0 Å². The molecule has 0 aliphatic carbocycles. The van der Waals surface area contributed by atoms with E-state index in [4.69, 9.17) is 5.73 Å². The molecule has 0 bridgehead atoms. The summed E-state index contributed by atoms with van der Waals surface area (Å²) in [6, 6.07) is 6.80. The minimum absolute atomic E-state index is 0.352. The van der Waals surface area contributed by atoms with Crippen LogP contribution in [-0.4, -0.2) is 25.3 Å². The SMILES string of the molecule is CC(NC(=O)C(C)(C)S(C)(=O)=O)c1ccccc1N. The van der Waals surface area contributed by atoms with E-state index in [0.29, 0.717) is 5.69 Å². The molecule has 1 amide bonds. The molecule has 5 nitrogen and oxygen atoms in total. The summed E-state index contributed by atoms with van der Waals surface area (Å²) in [6.45, 7) is 4.54. The number of hydrogen-bond acceptors (Lipinski definition) is 4. The monoisotopic (exact) mass is 284 g/mol. The molecule has 0 spiro atoms. The summed E-state index contributed by atoms with van der Waals surface area (Å²) < 4.78 is 21.7. The first kappa shape index (κ1) is 15.5. The van der Waals surface area contributed by atoms with Gasteiger partial charge in [-0.3, -0.25) is 4.79 Å². The Bertz CT molecular complexity index is 579. The molecule has 0 saturated heterocycles. The number of nitrogens with one attached hydrogen (secondary N) is 1. The second kappa shape index (κ2) is 5.21. The van der Waals surface area contributed by atoms with Gasteiger partial charge >= 0.3 is 0 Å². The van der Waals surface area contributed by atoms with E-state index < -0.39 is 20.5 Å². The molecular formula is C13H20N2O3S. The Morgan fingerprint density at radius 2 is 1.84 bits per heavy atom. The number of nitrogen functional groups attached to an aromatic ring is 1. The molecule has 1 atom stereocenters. The molecule has 106 valence electrons. The average Bonchev–Trinajstić information content (AvgIpc) is 2.27. The van der Waals surface area contributed by atoms with E-state index in [1.807, 2.05) is 6.07 Å². The maximum atomic E-state index is 12.1. The normalized spacial score (nSPS) is 13.9. The minimum atomic E-state index is -3.48. The van der Waals surface area contributed by atoms with Crippen LogP contribution >= 0.6 is 0 Å². The average molecular weight is 284 g/mol. The quantitative estimate of drug-likeness (QED) is 0.815. The second-order valence-corrected chi connectivity index (χ2v) is 7.67. The van der Waals surface area contributed by atoms with Crippen LogP contribution in [0.5, 0.6) is 0 Å². The summed E-state index contributed by atoms with van der Waals surface area (Å²) in [7, 11) is -3.48. The highest BCUT2D eigenvalue weighted by molar-refractivity contribution is 7.92. The first-order valence-corrected chi connectivity index (χ1v) is 7.81. The molecule has 0 aliphatic heterocycles. The molecule has 0 heterocycles. The Balaban J connectivity index is 2.93. The largest absolute Gasteiger partial charge is 0.398 e. The number of carbonyl (C=O) groups is 1. The van der Waals surface area contributed by atoms with Gasteiger partial charge in [-0.15, -0.1) is 0 Å². The smallest absolute Gasteiger partial charge is 0.241 e. The predicted octanol–water partition coefficient (Wildman–Crippen LogP) is 1.27. The Morgan fingerprint density at radius 3 is 2.32 bits per heavy atom. The number of hydrogen-bond donors (Lipinski definition) is 2. The molecule has 1 aromatic carbocycles. The molecule has 1 unspecified atom stereocenters. The highest BCUT2D eigenvalue weighted by Gasteiger charge is 2.39. The molecule has 0 radical (unpaired) electrons. The van der Waals surface area contributed by atoms with Crippen molar-refractivity contribution >= 4 is 21.4 Å². The third kappa shape index (κ3) is 3.26. The van der Waals surface area contributed by atoms with Gasteiger partial charge in [0, 0.05) is 11.9 Å². The van der Waals surface area contributed by atoms with Crippen molar-refractivity contribution in [2.45, 2.75) is 31.6 Å². The number of benzene rings is 1. The van der Waals surface area contributed by atoms with Crippen LogP contribution in [0.15, 0.2) is 24.3 Å². The highest BCUT2D eigenvalue weighted by Crippen LogP contribution is 2.22. The van der Waals surface area contributed by atoms with Gasteiger partial charge in [0.1, 0.15) is 4.75 Å². The summed E-state index contributed by atoms with van der Waals surface area (Å²) in [5.41, 5.74) is 7.15. The van der Waals surface area contributed by atoms with Crippen LogP contribution in [0.1, 0.15) is 32.4 Å². The number of sulfone groups is 1. The van der Waals surface area contributed by atoms with Gasteiger partial charge in [-0.25, -0.2) is 8.42 Å². The fraction of sp³-hybridized carbons (Fsp3) is 0.462. The zero-order valence-electron chi connectivity index (χ0n) is 11.6. The molecule has 3 N–H and O–H groups in total. The minimum Gasteiger partial charge on any atom is -0.398 e. The predicted molar refractivity (Wildman–Crippen MR) is 76.3 cm³/mol. The van der Waals surface area contributed by atoms with Crippen LogP contribution in [0.25, 0.3) is 0 Å². The van der Waals surface area contributed by atoms with Gasteiger partial charge in [-0.05, 0) is 32.4 Å². The zero-order valence-corrected chi connectivity index (χ0v) is 12.4. The zero-order chi connectivity index (χ0) is 14.8. The van der Waals surface area contributed by atoms with Crippen LogP contribution in [0, 0.1) is 0 Å². The summed E-state index contributed by atoms with van der Waals surface area (Å²) in [4.78, 5) is 12.1. The van der Waals surface area contributed by atoms with Crippen LogP contribution in [-0.2, 0) is 14.6 Å². The van der Waals surface area contributed by atoms with E-state index in [0.717, 1.165) is 11.8 Å². The molecule has 1 rings (SSSR count). The Kier molecular flexibility index (Phi) is 4.25. The molecule has 6 heteroatoms. The van der Waals surface area contributed by atoms with Crippen molar-refractivity contribution in [3.63, 3.8) is 0 Å². The number of para-hydroxylation sites is 1. The van der Waals surface area contributed by atoms with Crippen molar-refractivity contribution in [3.05, 3.63) is 29.8 Å². The molecule has 0 saturated carbocycles. The van der Waals surface area contributed by atoms with Gasteiger partial charge in [-0.2, -0.15) is 0 Å². The first-order chi connectivity index (χ1) is 8.57. The number of carbonyl (C=O) groups excluding carboxylic acids is 1. The maximum Gasteiger partial charge on any atom is 0.241 e. The van der Waals surface area contributed by atoms with Crippen molar-refractivity contribution in [2.75, 3.05) is 12.0 Å². The summed E-state index contributed by atoms with van der Waals surface area (Å²) in [5, 5.41) is 2.69. The molecule has 1 aromatic rings. The maximum absolute atomic E-state index is 12.1. The Hall–Kier alpha value is -1.56. The lowest BCUT2D eigenvalue weighted by molar-refractivity contribution is -0.123. The van der Waals surface area contributed by atoms with Gasteiger partial charge in [0.15, 0.2) is 9.84 Å². The molecular weight excluding hydrogens is 264 g/mol. The van der Waals surface area contributed by atoms with E-state index in [2.05, 4.69) is 5.32 Å². The topological polar surface area (TPSA) is 89.3 Å². The molecule has 0 aromatic heterocycles. The summed E-state index contributed by atoms with van der Waals surface area (Å²) in [5.74, 6) is -0.536. The number of rotatable bonds is 4. The molecule has 0 fully saturated rings. The fourth-order valence-corrected chi connectivity index (χ4v) is 1.92. The lowest BCUT2D eigenvalue weighted by Gasteiger charge is -2.25. The standard InChI is InChI=1S/C13H20N2O3S/c1-9(10-7-5-6-8-11(10)14)15-12(16)13(2,3)19(4,17)18/h5-9H,14H2,1-4H3,(H,15,16). The van der Waals surface area contributed by atoms with E-state index in [1.54, 1.807) is 25.1 Å². The Labute approximate surface area is 114 Å². The summed E-state index contributed by atoms with van der Waals surface area (Å²) >= 11 is 0. The van der Waals surface area contributed by atoms with Crippen LogP contribution in [0.3, 0.4) is 0 Å². The van der Waals surface area contributed by atoms with E-state index >= 15 is 0 Å². The van der Waals surface area contributed by atoms with Gasteiger partial charge in [0.2, 0.25) is 5.91 Å². The fourth-order valence-electron chi connectivity index (χ4n) is 1.52.